The van der Waals surface area contributed by atoms with Gasteiger partial charge in [0, 0.05) is 6.54 Å². The number of rotatable bonds is 10. The van der Waals surface area contributed by atoms with Crippen molar-refractivity contribution >= 4 is 15.7 Å². The molecule has 0 fully saturated rings. The number of methoxy groups -OCH3 is 1. The van der Waals surface area contributed by atoms with E-state index in [1.165, 1.54) is 4.41 Å². The molecule has 0 aromatic heterocycles. The van der Waals surface area contributed by atoms with Gasteiger partial charge in [-0.2, -0.15) is 0 Å². The Hall–Kier alpha value is -2.09. The van der Waals surface area contributed by atoms with Crippen LogP contribution in [0.1, 0.15) is 37.0 Å². The summed E-state index contributed by atoms with van der Waals surface area (Å²) >= 11 is 0. The summed E-state index contributed by atoms with van der Waals surface area (Å²) in [5.74, 6) is 0.772. The molecule has 0 aliphatic rings. The fourth-order valence-electron chi connectivity index (χ4n) is 2.80. The van der Waals surface area contributed by atoms with Crippen molar-refractivity contribution in [3.8, 4) is 5.75 Å². The van der Waals surface area contributed by atoms with Crippen LogP contribution in [0.4, 0.5) is 5.69 Å². The van der Waals surface area contributed by atoms with Crippen LogP contribution in [0, 0.1) is 0 Å². The van der Waals surface area contributed by atoms with Crippen LogP contribution in [-0.4, -0.2) is 33.4 Å². The zero-order chi connectivity index (χ0) is 19.9. The maximum absolute atomic E-state index is 12.2. The highest BCUT2D eigenvalue weighted by molar-refractivity contribution is 7.92. The van der Waals surface area contributed by atoms with Gasteiger partial charge in [0.25, 0.3) is 0 Å². The number of hydrogen-bond acceptors (Lipinski definition) is 5. The lowest BCUT2D eigenvalue weighted by Crippen LogP contribution is -2.43. The summed E-state index contributed by atoms with van der Waals surface area (Å²) in [5.41, 5.74) is 5.32. The second kappa shape index (κ2) is 9.73. The van der Waals surface area contributed by atoms with Crippen molar-refractivity contribution < 1.29 is 18.3 Å². The molecule has 27 heavy (non-hydrogen) atoms. The van der Waals surface area contributed by atoms with E-state index in [4.69, 9.17) is 4.74 Å². The zero-order valence-corrected chi connectivity index (χ0v) is 16.9. The van der Waals surface area contributed by atoms with Gasteiger partial charge in [0.15, 0.2) is 0 Å². The molecular weight excluding hydrogens is 364 g/mol. The molecule has 0 heterocycles. The predicted molar refractivity (Wildman–Crippen MR) is 108 cm³/mol. The largest absolute Gasteiger partial charge is 0.497 e. The minimum atomic E-state index is -3.49. The lowest BCUT2D eigenvalue weighted by atomic mass is 10.1. The Morgan fingerprint density at radius 1 is 1.19 bits per heavy atom. The number of aliphatic hydroxyl groups excluding tert-OH is 1. The Labute approximate surface area is 161 Å². The quantitative estimate of drug-likeness (QED) is 0.608. The van der Waals surface area contributed by atoms with Gasteiger partial charge in [-0.25, -0.2) is 18.3 Å². The Morgan fingerprint density at radius 2 is 1.89 bits per heavy atom. The van der Waals surface area contributed by atoms with Gasteiger partial charge in [0.05, 0.1) is 25.2 Å². The lowest BCUT2D eigenvalue weighted by Gasteiger charge is -2.23. The smallest absolute Gasteiger partial charge is 0.245 e. The number of hydrazine groups is 1. The van der Waals surface area contributed by atoms with Crippen molar-refractivity contribution in [2.75, 3.05) is 24.3 Å². The molecule has 0 aliphatic carbocycles. The van der Waals surface area contributed by atoms with Gasteiger partial charge in [0.2, 0.25) is 10.0 Å². The summed E-state index contributed by atoms with van der Waals surface area (Å²) < 4.78 is 30.8. The summed E-state index contributed by atoms with van der Waals surface area (Å²) in [6, 6.07) is 14.6. The Morgan fingerprint density at radius 3 is 2.48 bits per heavy atom. The van der Waals surface area contributed by atoms with Gasteiger partial charge in [-0.3, -0.25) is 0 Å². The molecule has 0 saturated heterocycles. The van der Waals surface area contributed by atoms with Crippen molar-refractivity contribution in [1.29, 1.82) is 0 Å². The van der Waals surface area contributed by atoms with Gasteiger partial charge < -0.3 is 9.84 Å². The maximum atomic E-state index is 12.2. The summed E-state index contributed by atoms with van der Waals surface area (Å²) in [6.07, 6.45) is 2.83. The van der Waals surface area contributed by atoms with Crippen molar-refractivity contribution in [3.05, 3.63) is 59.7 Å². The molecule has 2 N–H and O–H groups in total. The maximum Gasteiger partial charge on any atom is 0.245 e. The molecule has 0 bridgehead atoms. The fraction of sp³-hybridized carbons (Fsp3) is 0.400. The van der Waals surface area contributed by atoms with Crippen molar-refractivity contribution in [2.45, 2.75) is 32.3 Å². The van der Waals surface area contributed by atoms with Gasteiger partial charge in [-0.05, 0) is 48.2 Å². The average Bonchev–Trinajstić information content (AvgIpc) is 2.65. The van der Waals surface area contributed by atoms with E-state index >= 15 is 0 Å². The summed E-state index contributed by atoms with van der Waals surface area (Å²) in [6.45, 7) is 2.45. The van der Waals surface area contributed by atoms with E-state index in [-0.39, 0.29) is 0 Å². The topological polar surface area (TPSA) is 78.9 Å². The van der Waals surface area contributed by atoms with Crippen LogP contribution >= 0.6 is 0 Å². The van der Waals surface area contributed by atoms with Crippen LogP contribution in [0.25, 0.3) is 0 Å². The van der Waals surface area contributed by atoms with Crippen LogP contribution in [0.5, 0.6) is 5.75 Å². The normalized spacial score (nSPS) is 12.6. The first kappa shape index (κ1) is 21.2. The highest BCUT2D eigenvalue weighted by Crippen LogP contribution is 2.22. The molecule has 148 valence electrons. The monoisotopic (exact) mass is 392 g/mol. The van der Waals surface area contributed by atoms with Crippen molar-refractivity contribution in [1.82, 2.24) is 5.43 Å². The second-order valence-electron chi connectivity index (χ2n) is 6.43. The first-order chi connectivity index (χ1) is 12.8. The molecule has 0 spiro atoms. The van der Waals surface area contributed by atoms with E-state index in [0.29, 0.717) is 25.1 Å². The third-order valence-corrected chi connectivity index (χ3v) is 5.21. The van der Waals surface area contributed by atoms with Gasteiger partial charge in [0.1, 0.15) is 5.75 Å². The molecule has 1 unspecified atom stereocenters. The number of hydrogen-bond donors (Lipinski definition) is 2. The van der Waals surface area contributed by atoms with E-state index in [0.717, 1.165) is 29.6 Å². The molecule has 6 nitrogen and oxygen atoms in total. The molecule has 1 atom stereocenters. The Balaban J connectivity index is 2.07. The van der Waals surface area contributed by atoms with E-state index in [2.05, 4.69) is 5.43 Å². The summed E-state index contributed by atoms with van der Waals surface area (Å²) in [4.78, 5) is 0. The lowest BCUT2D eigenvalue weighted by molar-refractivity contribution is 0.166. The van der Waals surface area contributed by atoms with Gasteiger partial charge >= 0.3 is 0 Å². The number of ether oxygens (including phenoxy) is 1. The van der Waals surface area contributed by atoms with E-state index < -0.39 is 16.1 Å². The molecule has 2 aromatic carbocycles. The predicted octanol–water partition coefficient (Wildman–Crippen LogP) is 3.04. The minimum Gasteiger partial charge on any atom is -0.497 e. The standard InChI is InChI=1S/C20H28N2O4S/c1-4-6-20(23)17-9-11-18(12-10-17)22(27(3,24)25)21-14-13-16-7-5-8-19(15-16)26-2/h5,7-12,15,20-21,23H,4,6,13-14H2,1-3H3. The Kier molecular flexibility index (Phi) is 7.65. The summed E-state index contributed by atoms with van der Waals surface area (Å²) in [5, 5.41) is 10.1. The molecule has 0 saturated carbocycles. The third kappa shape index (κ3) is 6.23. The van der Waals surface area contributed by atoms with Crippen LogP contribution in [-0.2, 0) is 16.4 Å². The first-order valence-electron chi connectivity index (χ1n) is 9.00. The SMILES string of the molecule is CCCC(O)c1ccc(N(NCCc2cccc(OC)c2)S(C)(=O)=O)cc1. The Bertz CT molecular complexity index is 822. The minimum absolute atomic E-state index is 0.445. The number of benzene rings is 2. The number of nitrogens with zero attached hydrogens (tertiary/aromatic N) is 1. The van der Waals surface area contributed by atoms with Gasteiger partial charge in [-0.1, -0.05) is 37.6 Å². The molecule has 0 aliphatic heterocycles. The fourth-order valence-corrected chi connectivity index (χ4v) is 3.63. The molecule has 7 heteroatoms. The number of aliphatic hydroxyl groups is 1. The summed E-state index contributed by atoms with van der Waals surface area (Å²) in [7, 11) is -1.88. The number of nitrogens with one attached hydrogen (secondary N) is 1. The number of sulfonamides is 1. The second-order valence-corrected chi connectivity index (χ2v) is 8.26. The van der Waals surface area contributed by atoms with Crippen LogP contribution < -0.4 is 14.6 Å². The van der Waals surface area contributed by atoms with E-state index in [9.17, 15) is 13.5 Å². The molecule has 2 aromatic rings. The van der Waals surface area contributed by atoms with Crippen molar-refractivity contribution in [3.63, 3.8) is 0 Å². The van der Waals surface area contributed by atoms with Crippen LogP contribution in [0.3, 0.4) is 0 Å². The van der Waals surface area contributed by atoms with E-state index in [1.807, 2.05) is 31.2 Å². The molecule has 0 radical (unpaired) electrons. The molecule has 2 rings (SSSR count). The molecular formula is C20H28N2O4S. The van der Waals surface area contributed by atoms with E-state index in [1.54, 1.807) is 31.4 Å². The van der Waals surface area contributed by atoms with Gasteiger partial charge in [-0.15, -0.1) is 0 Å². The highest BCUT2D eigenvalue weighted by Gasteiger charge is 2.17. The highest BCUT2D eigenvalue weighted by atomic mass is 32.2. The van der Waals surface area contributed by atoms with Crippen LogP contribution in [0.2, 0.25) is 0 Å². The average molecular weight is 393 g/mol. The zero-order valence-electron chi connectivity index (χ0n) is 16.1. The number of anilines is 1. The third-order valence-electron chi connectivity index (χ3n) is 4.21. The molecule has 0 amide bonds. The van der Waals surface area contributed by atoms with Crippen molar-refractivity contribution in [2.24, 2.45) is 0 Å². The van der Waals surface area contributed by atoms with Crippen LogP contribution in [0.15, 0.2) is 48.5 Å². The first-order valence-corrected chi connectivity index (χ1v) is 10.8.